The van der Waals surface area contributed by atoms with Crippen molar-refractivity contribution in [1.29, 1.82) is 0 Å². The van der Waals surface area contributed by atoms with E-state index in [0.717, 1.165) is 24.3 Å². The van der Waals surface area contributed by atoms with Crippen LogP contribution in [0.15, 0.2) is 28.7 Å². The summed E-state index contributed by atoms with van der Waals surface area (Å²) in [7, 11) is 0. The van der Waals surface area contributed by atoms with Gasteiger partial charge in [-0.25, -0.2) is 0 Å². The summed E-state index contributed by atoms with van der Waals surface area (Å²) in [6.07, 6.45) is 0.738. The molecule has 1 heterocycles. The smallest absolute Gasteiger partial charge is 0.247 e. The fourth-order valence-corrected chi connectivity index (χ4v) is 1.80. The average Bonchev–Trinajstić information content (AvgIpc) is 2.88. The summed E-state index contributed by atoms with van der Waals surface area (Å²) < 4.78 is 11.1. The van der Waals surface area contributed by atoms with Gasteiger partial charge in [0.25, 0.3) is 0 Å². The van der Waals surface area contributed by atoms with Crippen LogP contribution in [0.25, 0.3) is 11.5 Å². The Hall–Kier alpha value is -1.88. The van der Waals surface area contributed by atoms with E-state index in [1.807, 2.05) is 31.2 Å². The Balaban J connectivity index is 1.97. The van der Waals surface area contributed by atoms with Crippen molar-refractivity contribution in [2.75, 3.05) is 13.2 Å². The highest BCUT2D eigenvalue weighted by molar-refractivity contribution is 5.53. The van der Waals surface area contributed by atoms with Gasteiger partial charge in [-0.2, -0.15) is 0 Å². The van der Waals surface area contributed by atoms with E-state index in [1.165, 1.54) is 0 Å². The third-order valence-corrected chi connectivity index (χ3v) is 2.77. The normalized spacial score (nSPS) is 11.0. The number of ether oxygens (including phenoxy) is 1. The van der Waals surface area contributed by atoms with Gasteiger partial charge in [-0.1, -0.05) is 13.8 Å². The van der Waals surface area contributed by atoms with Crippen LogP contribution in [-0.4, -0.2) is 29.4 Å². The molecule has 108 valence electrons. The Morgan fingerprint density at radius 1 is 1.20 bits per heavy atom. The zero-order valence-electron chi connectivity index (χ0n) is 12.2. The van der Waals surface area contributed by atoms with Gasteiger partial charge in [-0.05, 0) is 31.2 Å². The Kier molecular flexibility index (Phi) is 5.12. The highest BCUT2D eigenvalue weighted by Gasteiger charge is 2.08. The van der Waals surface area contributed by atoms with Crippen molar-refractivity contribution < 1.29 is 9.15 Å². The molecule has 5 nitrogen and oxygen atoms in total. The lowest BCUT2D eigenvalue weighted by Gasteiger charge is -2.04. The Morgan fingerprint density at radius 3 is 2.60 bits per heavy atom. The van der Waals surface area contributed by atoms with Crippen LogP contribution in [0.2, 0.25) is 0 Å². The van der Waals surface area contributed by atoms with Crippen LogP contribution in [-0.2, 0) is 6.42 Å². The van der Waals surface area contributed by atoms with Crippen molar-refractivity contribution in [3.63, 3.8) is 0 Å². The highest BCUT2D eigenvalue weighted by Crippen LogP contribution is 2.21. The van der Waals surface area contributed by atoms with E-state index in [9.17, 15) is 0 Å². The number of hydrogen-bond acceptors (Lipinski definition) is 5. The minimum absolute atomic E-state index is 0.462. The summed E-state index contributed by atoms with van der Waals surface area (Å²) >= 11 is 0. The molecule has 0 unspecified atom stereocenters. The van der Waals surface area contributed by atoms with Gasteiger partial charge in [0.2, 0.25) is 11.8 Å². The second kappa shape index (κ2) is 7.05. The van der Waals surface area contributed by atoms with Crippen LogP contribution in [0.3, 0.4) is 0 Å². The van der Waals surface area contributed by atoms with Crippen LogP contribution in [0.1, 0.15) is 26.7 Å². The van der Waals surface area contributed by atoms with Gasteiger partial charge < -0.3 is 14.5 Å². The number of benzene rings is 1. The van der Waals surface area contributed by atoms with Crippen molar-refractivity contribution in [1.82, 2.24) is 15.5 Å². The molecular weight excluding hydrogens is 254 g/mol. The van der Waals surface area contributed by atoms with Crippen molar-refractivity contribution in [3.8, 4) is 17.2 Å². The maximum atomic E-state index is 5.65. The first-order valence-electron chi connectivity index (χ1n) is 6.98. The minimum Gasteiger partial charge on any atom is -0.494 e. The molecule has 0 aliphatic heterocycles. The molecule has 2 aromatic rings. The topological polar surface area (TPSA) is 60.2 Å². The third-order valence-electron chi connectivity index (χ3n) is 2.77. The standard InChI is InChI=1S/C15H21N3O2/c1-4-19-13-7-5-12(6-8-13)15-18-17-14(20-15)9-10-16-11(2)3/h5-8,11,16H,4,9-10H2,1-3H3. The molecule has 1 aromatic heterocycles. The monoisotopic (exact) mass is 275 g/mol. The number of nitrogens with one attached hydrogen (secondary N) is 1. The number of nitrogens with zero attached hydrogens (tertiary/aromatic N) is 2. The summed E-state index contributed by atoms with van der Waals surface area (Å²) in [4.78, 5) is 0. The van der Waals surface area contributed by atoms with Gasteiger partial charge in [0.1, 0.15) is 5.75 Å². The summed E-state index contributed by atoms with van der Waals surface area (Å²) in [6, 6.07) is 8.12. The lowest BCUT2D eigenvalue weighted by Crippen LogP contribution is -2.25. The number of aromatic nitrogens is 2. The van der Waals surface area contributed by atoms with Crippen molar-refractivity contribution >= 4 is 0 Å². The second-order valence-corrected chi connectivity index (χ2v) is 4.82. The summed E-state index contributed by atoms with van der Waals surface area (Å²) in [5, 5.41) is 11.5. The molecule has 1 N–H and O–H groups in total. The number of rotatable bonds is 7. The van der Waals surface area contributed by atoms with Gasteiger partial charge in [0.15, 0.2) is 0 Å². The van der Waals surface area contributed by atoms with Gasteiger partial charge >= 0.3 is 0 Å². The van der Waals surface area contributed by atoms with E-state index in [1.54, 1.807) is 0 Å². The van der Waals surface area contributed by atoms with Crippen LogP contribution in [0, 0.1) is 0 Å². The van der Waals surface area contributed by atoms with E-state index in [0.29, 0.717) is 24.4 Å². The molecule has 2 rings (SSSR count). The van der Waals surface area contributed by atoms with Gasteiger partial charge in [-0.15, -0.1) is 10.2 Å². The third kappa shape index (κ3) is 4.06. The molecule has 0 atom stereocenters. The van der Waals surface area contributed by atoms with Gasteiger partial charge in [-0.3, -0.25) is 0 Å². The van der Waals surface area contributed by atoms with Crippen molar-refractivity contribution in [2.45, 2.75) is 33.2 Å². The van der Waals surface area contributed by atoms with E-state index < -0.39 is 0 Å². The maximum absolute atomic E-state index is 5.65. The summed E-state index contributed by atoms with van der Waals surface area (Å²) in [5.74, 6) is 2.05. The van der Waals surface area contributed by atoms with E-state index in [-0.39, 0.29) is 0 Å². The first-order chi connectivity index (χ1) is 9.69. The fraction of sp³-hybridized carbons (Fsp3) is 0.467. The molecular formula is C15H21N3O2. The molecule has 5 heteroatoms. The van der Waals surface area contributed by atoms with Gasteiger partial charge in [0.05, 0.1) is 6.61 Å². The Morgan fingerprint density at radius 2 is 1.95 bits per heavy atom. The van der Waals surface area contributed by atoms with E-state index in [4.69, 9.17) is 9.15 Å². The zero-order chi connectivity index (χ0) is 14.4. The molecule has 1 aromatic carbocycles. The predicted molar refractivity (Wildman–Crippen MR) is 77.7 cm³/mol. The second-order valence-electron chi connectivity index (χ2n) is 4.82. The molecule has 0 radical (unpaired) electrons. The lowest BCUT2D eigenvalue weighted by atomic mass is 10.2. The molecule has 0 amide bonds. The maximum Gasteiger partial charge on any atom is 0.247 e. The minimum atomic E-state index is 0.462. The number of hydrogen-bond donors (Lipinski definition) is 1. The zero-order valence-corrected chi connectivity index (χ0v) is 12.2. The first-order valence-corrected chi connectivity index (χ1v) is 6.98. The lowest BCUT2D eigenvalue weighted by molar-refractivity contribution is 0.340. The Labute approximate surface area is 119 Å². The van der Waals surface area contributed by atoms with Crippen molar-refractivity contribution in [2.24, 2.45) is 0 Å². The van der Waals surface area contributed by atoms with Crippen LogP contribution >= 0.6 is 0 Å². The molecule has 0 fully saturated rings. The molecule has 20 heavy (non-hydrogen) atoms. The molecule has 0 bridgehead atoms. The predicted octanol–water partition coefficient (Wildman–Crippen LogP) is 2.68. The van der Waals surface area contributed by atoms with Gasteiger partial charge in [0, 0.05) is 24.6 Å². The average molecular weight is 275 g/mol. The first kappa shape index (κ1) is 14.5. The summed E-state index contributed by atoms with van der Waals surface area (Å²) in [6.45, 7) is 7.68. The SMILES string of the molecule is CCOc1ccc(-c2nnc(CCNC(C)C)o2)cc1. The van der Waals surface area contributed by atoms with Crippen molar-refractivity contribution in [3.05, 3.63) is 30.2 Å². The van der Waals surface area contributed by atoms with Crippen LogP contribution in [0.4, 0.5) is 0 Å². The van der Waals surface area contributed by atoms with Crippen LogP contribution in [0.5, 0.6) is 5.75 Å². The molecule has 0 saturated heterocycles. The highest BCUT2D eigenvalue weighted by atomic mass is 16.5. The molecule has 0 saturated carbocycles. The summed E-state index contributed by atoms with van der Waals surface area (Å²) in [5.41, 5.74) is 0.907. The van der Waals surface area contributed by atoms with E-state index in [2.05, 4.69) is 29.4 Å². The molecule has 0 aliphatic carbocycles. The van der Waals surface area contributed by atoms with E-state index >= 15 is 0 Å². The Bertz CT molecular complexity index is 520. The molecule has 0 spiro atoms. The molecule has 0 aliphatic rings. The fourth-order valence-electron chi connectivity index (χ4n) is 1.80. The largest absolute Gasteiger partial charge is 0.494 e. The van der Waals surface area contributed by atoms with Crippen LogP contribution < -0.4 is 10.1 Å². The quantitative estimate of drug-likeness (QED) is 0.841.